The highest BCUT2D eigenvalue weighted by Gasteiger charge is 2.63. The lowest BCUT2D eigenvalue weighted by atomic mass is 9.44. The van der Waals surface area contributed by atoms with Crippen molar-refractivity contribution in [3.05, 3.63) is 0 Å². The Morgan fingerprint density at radius 1 is 0.931 bits per heavy atom. The SMILES string of the molecule is CC(C)CCC[C@@H](C)[C@H]1CC[C@H]2[C@@H]3CC[C@@H]4CCCC[C@]4(C(=O)O)[C@H]3CC[C@]12C. The van der Waals surface area contributed by atoms with Crippen molar-refractivity contribution in [1.29, 1.82) is 0 Å². The average molecular weight is 403 g/mol. The molecule has 166 valence electrons. The number of fused-ring (bicyclic) bond motifs is 5. The molecule has 2 heteroatoms. The summed E-state index contributed by atoms with van der Waals surface area (Å²) in [5.41, 5.74) is 0.100. The van der Waals surface area contributed by atoms with Gasteiger partial charge in [0.2, 0.25) is 0 Å². The second kappa shape index (κ2) is 8.19. The molecule has 4 aliphatic carbocycles. The number of rotatable bonds is 6. The molecule has 2 nitrogen and oxygen atoms in total. The Balaban J connectivity index is 1.52. The molecule has 0 radical (unpaired) electrons. The van der Waals surface area contributed by atoms with E-state index in [0.717, 1.165) is 36.5 Å². The minimum absolute atomic E-state index is 0.372. The van der Waals surface area contributed by atoms with Gasteiger partial charge in [0, 0.05) is 0 Å². The van der Waals surface area contributed by atoms with Gasteiger partial charge in [-0.25, -0.2) is 0 Å². The molecule has 8 atom stereocenters. The van der Waals surface area contributed by atoms with Gasteiger partial charge in [0.1, 0.15) is 0 Å². The lowest BCUT2D eigenvalue weighted by molar-refractivity contribution is -0.179. The predicted molar refractivity (Wildman–Crippen MR) is 120 cm³/mol. The van der Waals surface area contributed by atoms with Crippen LogP contribution in [0.5, 0.6) is 0 Å². The number of carboxylic acid groups (broad SMARTS) is 1. The van der Waals surface area contributed by atoms with E-state index in [-0.39, 0.29) is 5.41 Å². The standard InChI is InChI=1S/C27H46O2/c1-18(2)8-7-9-19(3)22-13-14-23-21-12-11-20-10-5-6-16-27(20,25(28)29)24(21)15-17-26(22,23)4/h18-24H,5-17H2,1-4H3,(H,28,29)/t19-,20+,21+,22-,23+,24+,26-,27-/m1/s1. The molecule has 0 unspecified atom stereocenters. The van der Waals surface area contributed by atoms with Gasteiger partial charge in [-0.2, -0.15) is 0 Å². The van der Waals surface area contributed by atoms with Crippen LogP contribution < -0.4 is 0 Å². The van der Waals surface area contributed by atoms with Gasteiger partial charge < -0.3 is 5.11 Å². The normalized spacial score (nSPS) is 45.3. The summed E-state index contributed by atoms with van der Waals surface area (Å²) in [7, 11) is 0. The van der Waals surface area contributed by atoms with Crippen molar-refractivity contribution in [3.63, 3.8) is 0 Å². The molecule has 4 fully saturated rings. The van der Waals surface area contributed by atoms with Crippen LogP contribution >= 0.6 is 0 Å². The van der Waals surface area contributed by atoms with Crippen LogP contribution in [0.3, 0.4) is 0 Å². The largest absolute Gasteiger partial charge is 0.481 e. The summed E-state index contributed by atoms with van der Waals surface area (Å²) in [4.78, 5) is 12.7. The highest BCUT2D eigenvalue weighted by Crippen LogP contribution is 2.68. The van der Waals surface area contributed by atoms with Crippen LogP contribution in [0.4, 0.5) is 0 Å². The molecule has 0 amide bonds. The van der Waals surface area contributed by atoms with Crippen LogP contribution in [0, 0.1) is 52.3 Å². The summed E-state index contributed by atoms with van der Waals surface area (Å²) in [6.45, 7) is 9.84. The molecule has 0 aromatic heterocycles. The maximum absolute atomic E-state index is 12.7. The summed E-state index contributed by atoms with van der Waals surface area (Å²) < 4.78 is 0. The van der Waals surface area contributed by atoms with E-state index >= 15 is 0 Å². The van der Waals surface area contributed by atoms with Gasteiger partial charge in [0.15, 0.2) is 0 Å². The van der Waals surface area contributed by atoms with Crippen LogP contribution in [0.25, 0.3) is 0 Å². The van der Waals surface area contributed by atoms with Gasteiger partial charge in [0.25, 0.3) is 0 Å². The minimum Gasteiger partial charge on any atom is -0.481 e. The fourth-order valence-electron chi connectivity index (χ4n) is 9.35. The Labute approximate surface area is 179 Å². The predicted octanol–water partition coefficient (Wildman–Crippen LogP) is 7.56. The fraction of sp³-hybridized carbons (Fsp3) is 0.963. The third kappa shape index (κ3) is 3.49. The Bertz CT molecular complexity index is 597. The maximum Gasteiger partial charge on any atom is 0.310 e. The first-order chi connectivity index (χ1) is 13.8. The van der Waals surface area contributed by atoms with E-state index < -0.39 is 5.97 Å². The number of hydrogen-bond donors (Lipinski definition) is 1. The lowest BCUT2D eigenvalue weighted by Gasteiger charge is -2.60. The maximum atomic E-state index is 12.7. The topological polar surface area (TPSA) is 37.3 Å². The van der Waals surface area contributed by atoms with E-state index in [0.29, 0.717) is 23.2 Å². The van der Waals surface area contributed by atoms with Crippen LogP contribution in [0.2, 0.25) is 0 Å². The molecule has 0 saturated heterocycles. The first-order valence-electron chi connectivity index (χ1n) is 13.0. The molecule has 1 N–H and O–H groups in total. The summed E-state index contributed by atoms with van der Waals surface area (Å²) in [5, 5.41) is 10.4. The summed E-state index contributed by atoms with van der Waals surface area (Å²) in [6.07, 6.45) is 16.4. The molecule has 4 saturated carbocycles. The molecule has 0 heterocycles. The fourth-order valence-corrected chi connectivity index (χ4v) is 9.35. The Kier molecular flexibility index (Phi) is 6.13. The second-order valence-corrected chi connectivity index (χ2v) is 12.3. The second-order valence-electron chi connectivity index (χ2n) is 12.3. The highest BCUT2D eigenvalue weighted by molar-refractivity contribution is 5.76. The number of aliphatic carboxylic acids is 1. The highest BCUT2D eigenvalue weighted by atomic mass is 16.4. The molecule has 29 heavy (non-hydrogen) atoms. The monoisotopic (exact) mass is 402 g/mol. The van der Waals surface area contributed by atoms with Gasteiger partial charge in [-0.05, 0) is 98.2 Å². The van der Waals surface area contributed by atoms with E-state index in [9.17, 15) is 9.90 Å². The Hall–Kier alpha value is -0.530. The van der Waals surface area contributed by atoms with Crippen molar-refractivity contribution in [2.24, 2.45) is 52.3 Å². The van der Waals surface area contributed by atoms with Crippen LogP contribution in [0.15, 0.2) is 0 Å². The molecule has 4 rings (SSSR count). The van der Waals surface area contributed by atoms with E-state index in [1.807, 2.05) is 0 Å². The molecular formula is C27H46O2. The minimum atomic E-state index is -0.433. The number of hydrogen-bond acceptors (Lipinski definition) is 1. The molecule has 0 aliphatic heterocycles. The van der Waals surface area contributed by atoms with Crippen molar-refractivity contribution in [1.82, 2.24) is 0 Å². The van der Waals surface area contributed by atoms with E-state index in [1.165, 1.54) is 70.6 Å². The molecule has 0 aromatic carbocycles. The van der Waals surface area contributed by atoms with Crippen molar-refractivity contribution < 1.29 is 9.90 Å². The molecule has 0 bridgehead atoms. The molecular weight excluding hydrogens is 356 g/mol. The first kappa shape index (κ1) is 21.7. The number of carboxylic acids is 1. The molecule has 0 spiro atoms. The van der Waals surface area contributed by atoms with E-state index in [1.54, 1.807) is 0 Å². The van der Waals surface area contributed by atoms with Crippen molar-refractivity contribution in [3.8, 4) is 0 Å². The third-order valence-corrected chi connectivity index (χ3v) is 10.7. The quantitative estimate of drug-likeness (QED) is 0.497. The third-order valence-electron chi connectivity index (χ3n) is 10.7. The smallest absolute Gasteiger partial charge is 0.310 e. The Morgan fingerprint density at radius 2 is 1.72 bits per heavy atom. The van der Waals surface area contributed by atoms with Gasteiger partial charge in [-0.15, -0.1) is 0 Å². The van der Waals surface area contributed by atoms with Crippen LogP contribution in [-0.2, 0) is 4.79 Å². The van der Waals surface area contributed by atoms with Gasteiger partial charge in [-0.1, -0.05) is 59.8 Å². The summed E-state index contributed by atoms with van der Waals surface area (Å²) in [6, 6.07) is 0. The lowest BCUT2D eigenvalue weighted by Crippen LogP contribution is -2.57. The zero-order chi connectivity index (χ0) is 20.8. The van der Waals surface area contributed by atoms with E-state index in [4.69, 9.17) is 0 Å². The zero-order valence-corrected chi connectivity index (χ0v) is 19.6. The average Bonchev–Trinajstić information content (AvgIpc) is 3.04. The van der Waals surface area contributed by atoms with Gasteiger partial charge >= 0.3 is 5.97 Å². The zero-order valence-electron chi connectivity index (χ0n) is 19.6. The van der Waals surface area contributed by atoms with Crippen molar-refractivity contribution in [2.75, 3.05) is 0 Å². The number of carbonyl (C=O) groups is 1. The van der Waals surface area contributed by atoms with Gasteiger partial charge in [0.05, 0.1) is 5.41 Å². The summed E-state index contributed by atoms with van der Waals surface area (Å²) >= 11 is 0. The van der Waals surface area contributed by atoms with Crippen molar-refractivity contribution in [2.45, 2.75) is 111 Å². The van der Waals surface area contributed by atoms with Crippen molar-refractivity contribution >= 4 is 5.97 Å². The van der Waals surface area contributed by atoms with Crippen LogP contribution in [0.1, 0.15) is 111 Å². The first-order valence-corrected chi connectivity index (χ1v) is 13.0. The van der Waals surface area contributed by atoms with E-state index in [2.05, 4.69) is 27.7 Å². The van der Waals surface area contributed by atoms with Gasteiger partial charge in [-0.3, -0.25) is 4.79 Å². The summed E-state index contributed by atoms with van der Waals surface area (Å²) in [5.74, 6) is 4.49. The molecule has 4 aliphatic rings. The molecule has 0 aromatic rings. The van der Waals surface area contributed by atoms with Crippen LogP contribution in [-0.4, -0.2) is 11.1 Å². The Morgan fingerprint density at radius 3 is 2.45 bits per heavy atom.